The molecule has 0 unspecified atom stereocenters. The van der Waals surface area contributed by atoms with E-state index in [1.807, 2.05) is 18.2 Å². The molecule has 0 aliphatic carbocycles. The first-order chi connectivity index (χ1) is 14.7. The minimum Gasteiger partial charge on any atom is -0.480 e. The molecule has 0 radical (unpaired) electrons. The summed E-state index contributed by atoms with van der Waals surface area (Å²) >= 11 is 0. The number of aliphatic carboxylic acids is 1. The Hall–Kier alpha value is -2.28. The molecule has 0 spiro atoms. The Morgan fingerprint density at radius 3 is 2.55 bits per heavy atom. The number of likely N-dealkylation sites (N-methyl/N-ethyl adjacent to an activating group) is 1. The highest BCUT2D eigenvalue weighted by Gasteiger charge is 2.24. The summed E-state index contributed by atoms with van der Waals surface area (Å²) in [5.41, 5.74) is 4.56. The molecule has 2 aromatic rings. The van der Waals surface area contributed by atoms with Crippen LogP contribution in [0.15, 0.2) is 42.5 Å². The van der Waals surface area contributed by atoms with Crippen LogP contribution in [0.5, 0.6) is 0 Å². The number of aromatic nitrogens is 1. The van der Waals surface area contributed by atoms with Crippen LogP contribution < -0.4 is 5.32 Å². The number of hydrogen-bond acceptors (Lipinski definition) is 5. The Bertz CT molecular complexity index is 861. The smallest absolute Gasteiger partial charge is 0.317 e. The van der Waals surface area contributed by atoms with Crippen LogP contribution in [-0.2, 0) is 29.7 Å². The first-order valence-corrected chi connectivity index (χ1v) is 11.1. The van der Waals surface area contributed by atoms with Crippen molar-refractivity contribution in [1.82, 2.24) is 20.1 Å². The average Bonchev–Trinajstić information content (AvgIpc) is 2.69. The molecule has 0 amide bonds. The molecule has 1 aromatic carbocycles. The normalized spacial score (nSPS) is 19.4. The molecule has 0 saturated heterocycles. The van der Waals surface area contributed by atoms with E-state index >= 15 is 0 Å². The lowest BCUT2D eigenvalue weighted by molar-refractivity contribution is -0.139. The van der Waals surface area contributed by atoms with Crippen LogP contribution >= 0.6 is 0 Å². The second-order valence-corrected chi connectivity index (χ2v) is 9.66. The number of nitrogens with one attached hydrogen (secondary N) is 1. The lowest BCUT2D eigenvalue weighted by Gasteiger charge is -2.34. The summed E-state index contributed by atoms with van der Waals surface area (Å²) in [5, 5.41) is 13.1. The average molecular weight is 425 g/mol. The second-order valence-electron chi connectivity index (χ2n) is 9.66. The lowest BCUT2D eigenvalue weighted by atomic mass is 9.86. The number of hydrogen-bond donors (Lipinski definition) is 2. The van der Waals surface area contributed by atoms with E-state index in [0.717, 1.165) is 44.0 Å². The molecular formula is C25H36N4O2. The van der Waals surface area contributed by atoms with Gasteiger partial charge in [-0.2, -0.15) is 0 Å². The third-order valence-electron chi connectivity index (χ3n) is 5.87. The fourth-order valence-corrected chi connectivity index (χ4v) is 4.07. The van der Waals surface area contributed by atoms with E-state index in [0.29, 0.717) is 6.54 Å². The maximum atomic E-state index is 11.7. The van der Waals surface area contributed by atoms with Gasteiger partial charge in [0.25, 0.3) is 0 Å². The van der Waals surface area contributed by atoms with Crippen molar-refractivity contribution in [2.45, 2.75) is 51.7 Å². The zero-order valence-electron chi connectivity index (χ0n) is 19.3. The Labute approximate surface area is 186 Å². The van der Waals surface area contributed by atoms with E-state index in [2.05, 4.69) is 67.2 Å². The summed E-state index contributed by atoms with van der Waals surface area (Å²) in [6.07, 6.45) is 0.801. The molecular weight excluding hydrogens is 388 g/mol. The van der Waals surface area contributed by atoms with E-state index in [9.17, 15) is 9.90 Å². The van der Waals surface area contributed by atoms with E-state index in [4.69, 9.17) is 4.98 Å². The maximum Gasteiger partial charge on any atom is 0.317 e. The standard InChI is InChI=1S/C25H36N4O2/c1-25(2,3)20-10-8-19(9-11-20)14-23-17-28(4)13-12-26-15-21-6-5-7-22(27-21)16-29(23)18-24(30)31/h5-11,23,26H,12-18H2,1-4H3,(H,30,31)/t23-/m0/s1. The zero-order chi connectivity index (χ0) is 22.4. The number of carboxylic acid groups (broad SMARTS) is 1. The van der Waals surface area contributed by atoms with Gasteiger partial charge < -0.3 is 15.3 Å². The van der Waals surface area contributed by atoms with Crippen molar-refractivity contribution in [2.75, 3.05) is 33.2 Å². The van der Waals surface area contributed by atoms with Crippen molar-refractivity contribution < 1.29 is 9.90 Å². The van der Waals surface area contributed by atoms with Gasteiger partial charge in [0.15, 0.2) is 0 Å². The van der Waals surface area contributed by atoms with Crippen molar-refractivity contribution in [1.29, 1.82) is 0 Å². The predicted molar refractivity (Wildman–Crippen MR) is 124 cm³/mol. The van der Waals surface area contributed by atoms with Crippen molar-refractivity contribution in [3.05, 3.63) is 65.0 Å². The summed E-state index contributed by atoms with van der Waals surface area (Å²) in [6.45, 7) is 10.5. The van der Waals surface area contributed by atoms with Crippen LogP contribution in [0.2, 0.25) is 0 Å². The minimum absolute atomic E-state index is 0.00272. The Balaban J connectivity index is 1.88. The lowest BCUT2D eigenvalue weighted by Crippen LogP contribution is -2.47. The molecule has 0 saturated carbocycles. The van der Waals surface area contributed by atoms with Crippen LogP contribution in [-0.4, -0.2) is 65.1 Å². The van der Waals surface area contributed by atoms with Gasteiger partial charge >= 0.3 is 5.97 Å². The quantitative estimate of drug-likeness (QED) is 0.787. The third kappa shape index (κ3) is 7.13. The number of fused-ring (bicyclic) bond motifs is 2. The van der Waals surface area contributed by atoms with E-state index in [-0.39, 0.29) is 18.0 Å². The maximum absolute atomic E-state index is 11.7. The molecule has 31 heavy (non-hydrogen) atoms. The first-order valence-electron chi connectivity index (χ1n) is 11.1. The van der Waals surface area contributed by atoms with Crippen molar-refractivity contribution >= 4 is 5.97 Å². The fourth-order valence-electron chi connectivity index (χ4n) is 4.07. The third-order valence-corrected chi connectivity index (χ3v) is 5.87. The van der Waals surface area contributed by atoms with Gasteiger partial charge in [0.05, 0.1) is 17.9 Å². The fraction of sp³-hybridized carbons (Fsp3) is 0.520. The molecule has 6 heteroatoms. The second kappa shape index (κ2) is 10.4. The van der Waals surface area contributed by atoms with E-state index in [1.54, 1.807) is 0 Å². The summed E-state index contributed by atoms with van der Waals surface area (Å²) in [7, 11) is 2.11. The SMILES string of the molecule is CN1CCNCc2cccc(n2)CN(CC(=O)O)[C@@H](Cc2ccc(C(C)(C)C)cc2)C1. The van der Waals surface area contributed by atoms with Crippen molar-refractivity contribution in [3.8, 4) is 0 Å². The highest BCUT2D eigenvalue weighted by atomic mass is 16.4. The Morgan fingerprint density at radius 1 is 1.16 bits per heavy atom. The van der Waals surface area contributed by atoms with Crippen molar-refractivity contribution in [3.63, 3.8) is 0 Å². The number of nitrogens with zero attached hydrogens (tertiary/aromatic N) is 3. The molecule has 1 atom stereocenters. The molecule has 168 valence electrons. The molecule has 3 rings (SSSR count). The number of carboxylic acids is 1. The number of carbonyl (C=O) groups is 1. The monoisotopic (exact) mass is 424 g/mol. The Morgan fingerprint density at radius 2 is 1.87 bits per heavy atom. The topological polar surface area (TPSA) is 68.7 Å². The summed E-state index contributed by atoms with van der Waals surface area (Å²) < 4.78 is 0. The van der Waals surface area contributed by atoms with Gasteiger partial charge in [-0.25, -0.2) is 0 Å². The van der Waals surface area contributed by atoms with Crippen LogP contribution in [0.1, 0.15) is 43.3 Å². The van der Waals surface area contributed by atoms with Gasteiger partial charge in [0.2, 0.25) is 0 Å². The van der Waals surface area contributed by atoms with E-state index in [1.165, 1.54) is 11.1 Å². The van der Waals surface area contributed by atoms with Crippen molar-refractivity contribution in [2.24, 2.45) is 0 Å². The molecule has 0 fully saturated rings. The van der Waals surface area contributed by atoms with Gasteiger partial charge in [-0.3, -0.25) is 14.7 Å². The highest BCUT2D eigenvalue weighted by molar-refractivity contribution is 5.69. The predicted octanol–water partition coefficient (Wildman–Crippen LogP) is 2.91. The van der Waals surface area contributed by atoms with Crippen LogP contribution in [0.25, 0.3) is 0 Å². The van der Waals surface area contributed by atoms with Gasteiger partial charge in [-0.05, 0) is 42.1 Å². The molecule has 2 bridgehead atoms. The number of pyridine rings is 1. The van der Waals surface area contributed by atoms with Crippen LogP contribution in [0, 0.1) is 0 Å². The number of rotatable bonds is 4. The summed E-state index contributed by atoms with van der Waals surface area (Å²) in [5.74, 6) is -0.805. The largest absolute Gasteiger partial charge is 0.480 e. The van der Waals surface area contributed by atoms with Gasteiger partial charge in [-0.15, -0.1) is 0 Å². The highest BCUT2D eigenvalue weighted by Crippen LogP contribution is 2.23. The molecule has 2 heterocycles. The summed E-state index contributed by atoms with van der Waals surface area (Å²) in [6, 6.07) is 14.9. The molecule has 2 N–H and O–H groups in total. The van der Waals surface area contributed by atoms with E-state index < -0.39 is 5.97 Å². The molecule has 1 aliphatic rings. The minimum atomic E-state index is -0.805. The molecule has 1 aromatic heterocycles. The molecule has 6 nitrogen and oxygen atoms in total. The first kappa shape index (κ1) is 23.4. The van der Waals surface area contributed by atoms with Gasteiger partial charge in [-0.1, -0.05) is 51.1 Å². The summed E-state index contributed by atoms with van der Waals surface area (Å²) in [4.78, 5) is 20.8. The molecule has 1 aliphatic heterocycles. The Kier molecular flexibility index (Phi) is 7.81. The zero-order valence-corrected chi connectivity index (χ0v) is 19.3. The van der Waals surface area contributed by atoms with Gasteiger partial charge in [0.1, 0.15) is 0 Å². The van der Waals surface area contributed by atoms with Crippen LogP contribution in [0.4, 0.5) is 0 Å². The van der Waals surface area contributed by atoms with Gasteiger partial charge in [0, 0.05) is 38.8 Å². The van der Waals surface area contributed by atoms with Crippen LogP contribution in [0.3, 0.4) is 0 Å². The number of benzene rings is 1.